The van der Waals surface area contributed by atoms with Crippen LogP contribution in [-0.4, -0.2) is 76.4 Å². The van der Waals surface area contributed by atoms with Gasteiger partial charge in [-0.25, -0.2) is 14.8 Å². The molecule has 6 rings (SSSR count). The summed E-state index contributed by atoms with van der Waals surface area (Å²) in [7, 11) is 0. The average Bonchev–Trinajstić information content (AvgIpc) is 3.49. The number of morpholine rings is 1. The van der Waals surface area contributed by atoms with Gasteiger partial charge in [0.2, 0.25) is 0 Å². The highest BCUT2D eigenvalue weighted by atomic mass is 16.7. The maximum absolute atomic E-state index is 13.1. The molecule has 3 aromatic rings. The first-order valence-electron chi connectivity index (χ1n) is 14.2. The molecule has 1 aromatic carbocycles. The van der Waals surface area contributed by atoms with Crippen LogP contribution in [0.1, 0.15) is 61.5 Å². The molecule has 1 saturated carbocycles. The summed E-state index contributed by atoms with van der Waals surface area (Å²) in [5.41, 5.74) is 2.06. The van der Waals surface area contributed by atoms with E-state index in [0.717, 1.165) is 17.9 Å². The molecule has 1 saturated heterocycles. The quantitative estimate of drug-likeness (QED) is 0.404. The van der Waals surface area contributed by atoms with Crippen LogP contribution in [0.3, 0.4) is 0 Å². The maximum Gasteiger partial charge on any atom is 0.410 e. The number of aromatic nitrogens is 3. The number of nitrogens with zero attached hydrogens (tertiary/aromatic N) is 3. The first kappa shape index (κ1) is 27.8. The lowest BCUT2D eigenvalue weighted by atomic mass is 10.2. The number of nitrogens with one attached hydrogen (secondary N) is 2. The van der Waals surface area contributed by atoms with Crippen LogP contribution >= 0.6 is 0 Å². The highest BCUT2D eigenvalue weighted by molar-refractivity contribution is 6.06. The summed E-state index contributed by atoms with van der Waals surface area (Å²) in [4.78, 5) is 39.0. The van der Waals surface area contributed by atoms with Crippen molar-refractivity contribution in [3.05, 3.63) is 59.9 Å². The van der Waals surface area contributed by atoms with Gasteiger partial charge < -0.3 is 38.9 Å². The number of rotatable bonds is 8. The predicted octanol–water partition coefficient (Wildman–Crippen LogP) is 4.16. The molecule has 4 heterocycles. The standard InChI is InChI=1S/C30H35N5O7/c1-30(2,3)42-29(37)35-9-10-38-21(14-35)12-32-27(36)22-13-31-26-24(22)33-17-34-25(26)23-16-40-28(41-23)19-5-4-6-20(11-19)39-15-18-7-8-18/h4-6,11,13,16-18,21,28,31H,7-10,12,14-15H2,1-3H3,(H,32,36). The Morgan fingerprint density at radius 3 is 2.88 bits per heavy atom. The van der Waals surface area contributed by atoms with E-state index in [9.17, 15) is 9.59 Å². The number of carbonyl (C=O) groups excluding carboxylic acids is 2. The Bertz CT molecular complexity index is 1490. The van der Waals surface area contributed by atoms with Crippen LogP contribution in [0, 0.1) is 5.92 Å². The van der Waals surface area contributed by atoms with Gasteiger partial charge in [-0.2, -0.15) is 0 Å². The molecule has 12 nitrogen and oxygen atoms in total. The smallest absolute Gasteiger partial charge is 0.410 e. The van der Waals surface area contributed by atoms with Gasteiger partial charge in [-0.3, -0.25) is 4.79 Å². The van der Waals surface area contributed by atoms with Crippen molar-refractivity contribution in [2.24, 2.45) is 5.92 Å². The summed E-state index contributed by atoms with van der Waals surface area (Å²) in [5.74, 6) is 1.52. The Morgan fingerprint density at radius 1 is 1.21 bits per heavy atom. The van der Waals surface area contributed by atoms with Crippen molar-refractivity contribution in [1.29, 1.82) is 0 Å². The molecule has 12 heteroatoms. The van der Waals surface area contributed by atoms with E-state index in [1.54, 1.807) is 11.1 Å². The van der Waals surface area contributed by atoms with E-state index in [-0.39, 0.29) is 18.6 Å². The number of benzene rings is 1. The van der Waals surface area contributed by atoms with Crippen molar-refractivity contribution in [3.8, 4) is 5.75 Å². The minimum Gasteiger partial charge on any atom is -0.493 e. The molecule has 3 aliphatic rings. The molecule has 2 atom stereocenters. The largest absolute Gasteiger partial charge is 0.493 e. The zero-order valence-electron chi connectivity index (χ0n) is 23.9. The summed E-state index contributed by atoms with van der Waals surface area (Å²) in [6, 6.07) is 7.67. The second-order valence-corrected chi connectivity index (χ2v) is 11.7. The molecule has 2 aliphatic heterocycles. The number of carbonyl (C=O) groups is 2. The second kappa shape index (κ2) is 11.5. The van der Waals surface area contributed by atoms with Crippen molar-refractivity contribution in [1.82, 2.24) is 25.2 Å². The molecule has 2 amide bonds. The molecule has 1 aliphatic carbocycles. The van der Waals surface area contributed by atoms with Gasteiger partial charge in [0.25, 0.3) is 12.2 Å². The van der Waals surface area contributed by atoms with Crippen molar-refractivity contribution < 1.29 is 33.3 Å². The Hall–Kier alpha value is -4.32. The highest BCUT2D eigenvalue weighted by Crippen LogP contribution is 2.36. The SMILES string of the molecule is CC(C)(C)OC(=O)N1CCOC(CNC(=O)c2c[nH]c3c(C4=COC(c5cccc(OCC6CC6)c5)O4)ncnc23)C1. The van der Waals surface area contributed by atoms with E-state index in [0.29, 0.717) is 53.7 Å². The highest BCUT2D eigenvalue weighted by Gasteiger charge is 2.30. The van der Waals surface area contributed by atoms with Crippen LogP contribution in [0.2, 0.25) is 0 Å². The Kier molecular flexibility index (Phi) is 7.63. The van der Waals surface area contributed by atoms with Gasteiger partial charge >= 0.3 is 6.09 Å². The normalized spacial score (nSPS) is 20.5. The first-order valence-corrected chi connectivity index (χ1v) is 14.2. The van der Waals surface area contributed by atoms with Gasteiger partial charge in [0, 0.05) is 24.8 Å². The molecule has 0 radical (unpaired) electrons. The van der Waals surface area contributed by atoms with E-state index in [1.807, 2.05) is 45.0 Å². The number of aromatic amines is 1. The number of ether oxygens (including phenoxy) is 5. The summed E-state index contributed by atoms with van der Waals surface area (Å²) < 4.78 is 29.0. The van der Waals surface area contributed by atoms with Crippen LogP contribution in [0.15, 0.2) is 43.1 Å². The van der Waals surface area contributed by atoms with Gasteiger partial charge in [-0.05, 0) is 51.7 Å². The summed E-state index contributed by atoms with van der Waals surface area (Å²) >= 11 is 0. The van der Waals surface area contributed by atoms with E-state index >= 15 is 0 Å². The van der Waals surface area contributed by atoms with Gasteiger partial charge in [0.15, 0.2) is 5.76 Å². The number of fused-ring (bicyclic) bond motifs is 1. The predicted molar refractivity (Wildman–Crippen MR) is 151 cm³/mol. The number of amides is 2. The topological polar surface area (TPSA) is 137 Å². The zero-order chi connectivity index (χ0) is 29.3. The monoisotopic (exact) mass is 577 g/mol. The molecule has 0 spiro atoms. The van der Waals surface area contributed by atoms with Gasteiger partial charge in [0.05, 0.1) is 36.9 Å². The van der Waals surface area contributed by atoms with E-state index in [2.05, 4.69) is 20.3 Å². The van der Waals surface area contributed by atoms with Crippen LogP contribution in [0.5, 0.6) is 5.75 Å². The van der Waals surface area contributed by atoms with Crippen LogP contribution in [0.4, 0.5) is 4.79 Å². The fourth-order valence-corrected chi connectivity index (χ4v) is 4.74. The van der Waals surface area contributed by atoms with Gasteiger partial charge in [0.1, 0.15) is 35.2 Å². The number of hydrogen-bond acceptors (Lipinski definition) is 9. The molecular weight excluding hydrogens is 542 g/mol. The van der Waals surface area contributed by atoms with E-state index in [1.165, 1.54) is 25.4 Å². The van der Waals surface area contributed by atoms with E-state index < -0.39 is 18.0 Å². The Labute approximate surface area is 243 Å². The molecule has 222 valence electrons. The Balaban J connectivity index is 1.08. The summed E-state index contributed by atoms with van der Waals surface area (Å²) in [6.07, 6.45) is 5.52. The van der Waals surface area contributed by atoms with Crippen LogP contribution < -0.4 is 10.1 Å². The molecule has 0 bridgehead atoms. The van der Waals surface area contributed by atoms with Crippen molar-refractivity contribution in [2.45, 2.75) is 51.6 Å². The molecule has 2 unspecified atom stereocenters. The fraction of sp³-hybridized carbons (Fsp3) is 0.467. The zero-order valence-corrected chi connectivity index (χ0v) is 23.9. The molecule has 42 heavy (non-hydrogen) atoms. The lowest BCUT2D eigenvalue weighted by molar-refractivity contribution is -0.0404. The third kappa shape index (κ3) is 6.43. The van der Waals surface area contributed by atoms with E-state index in [4.69, 9.17) is 23.7 Å². The van der Waals surface area contributed by atoms with Crippen LogP contribution in [0.25, 0.3) is 16.8 Å². The van der Waals surface area contributed by atoms with Gasteiger partial charge in [-0.1, -0.05) is 12.1 Å². The summed E-state index contributed by atoms with van der Waals surface area (Å²) in [6.45, 7) is 7.52. The maximum atomic E-state index is 13.1. The third-order valence-corrected chi connectivity index (χ3v) is 7.07. The second-order valence-electron chi connectivity index (χ2n) is 11.7. The number of H-pyrrole nitrogens is 1. The minimum absolute atomic E-state index is 0.218. The average molecular weight is 578 g/mol. The first-order chi connectivity index (χ1) is 20.2. The van der Waals surface area contributed by atoms with Gasteiger partial charge in [-0.15, -0.1) is 0 Å². The van der Waals surface area contributed by atoms with Crippen molar-refractivity contribution in [2.75, 3.05) is 32.8 Å². The third-order valence-electron chi connectivity index (χ3n) is 7.07. The molecular formula is C30H35N5O7. The summed E-state index contributed by atoms with van der Waals surface area (Å²) in [5, 5.41) is 2.89. The number of hydrogen-bond donors (Lipinski definition) is 2. The molecule has 2 fully saturated rings. The Morgan fingerprint density at radius 2 is 2.07 bits per heavy atom. The van der Waals surface area contributed by atoms with Crippen molar-refractivity contribution in [3.63, 3.8) is 0 Å². The lowest BCUT2D eigenvalue weighted by Gasteiger charge is -2.34. The van der Waals surface area contributed by atoms with Crippen LogP contribution in [-0.2, 0) is 18.9 Å². The minimum atomic E-state index is -0.650. The molecule has 2 N–H and O–H groups in total. The van der Waals surface area contributed by atoms with Crippen molar-refractivity contribution >= 4 is 28.8 Å². The fourth-order valence-electron chi connectivity index (χ4n) is 4.74. The molecule has 2 aromatic heterocycles. The lowest BCUT2D eigenvalue weighted by Crippen LogP contribution is -2.50.